The average molecular weight is 326 g/mol. The van der Waals surface area contributed by atoms with E-state index in [2.05, 4.69) is 10.6 Å². The van der Waals surface area contributed by atoms with Crippen molar-refractivity contribution >= 4 is 29.9 Å². The lowest BCUT2D eigenvalue weighted by Gasteiger charge is -2.31. The second kappa shape index (κ2) is 8.15. The van der Waals surface area contributed by atoms with Gasteiger partial charge in [0.2, 0.25) is 11.8 Å². The summed E-state index contributed by atoms with van der Waals surface area (Å²) in [7, 11) is 3.49. The molecule has 1 aromatic rings. The lowest BCUT2D eigenvalue weighted by Crippen LogP contribution is -2.48. The normalized spacial score (nSPS) is 15.2. The maximum Gasteiger partial charge on any atom is 0.227 e. The maximum absolute atomic E-state index is 12.1. The van der Waals surface area contributed by atoms with E-state index < -0.39 is 0 Å². The Morgan fingerprint density at radius 2 is 1.86 bits per heavy atom. The first-order chi connectivity index (χ1) is 9.97. The summed E-state index contributed by atoms with van der Waals surface area (Å²) in [5, 5.41) is 6.11. The highest BCUT2D eigenvalue weighted by atomic mass is 35.5. The van der Waals surface area contributed by atoms with Gasteiger partial charge in [-0.15, -0.1) is 12.4 Å². The van der Waals surface area contributed by atoms with Crippen LogP contribution in [0.5, 0.6) is 0 Å². The highest BCUT2D eigenvalue weighted by molar-refractivity contribution is 5.92. The molecule has 1 aliphatic heterocycles. The molecule has 22 heavy (non-hydrogen) atoms. The van der Waals surface area contributed by atoms with Crippen molar-refractivity contribution in [2.75, 3.05) is 32.5 Å². The minimum absolute atomic E-state index is 0. The summed E-state index contributed by atoms with van der Waals surface area (Å²) >= 11 is 0. The van der Waals surface area contributed by atoms with Crippen molar-refractivity contribution in [3.8, 4) is 0 Å². The molecule has 1 aromatic carbocycles. The fraction of sp³-hybridized carbons (Fsp3) is 0.500. The van der Waals surface area contributed by atoms with Crippen LogP contribution in [-0.4, -0.2) is 43.9 Å². The van der Waals surface area contributed by atoms with E-state index >= 15 is 0 Å². The number of likely N-dealkylation sites (N-methyl/N-ethyl adjacent to an activating group) is 1. The number of hydrogen-bond acceptors (Lipinski definition) is 3. The Balaban J connectivity index is 0.00000242. The van der Waals surface area contributed by atoms with Gasteiger partial charge in [0, 0.05) is 25.7 Å². The number of nitrogens with zero attached hydrogens (tertiary/aromatic N) is 1. The number of nitrogens with one attached hydrogen (secondary N) is 2. The Kier molecular flexibility index (Phi) is 6.84. The molecule has 0 bridgehead atoms. The van der Waals surface area contributed by atoms with Crippen molar-refractivity contribution in [3.05, 3.63) is 29.8 Å². The van der Waals surface area contributed by atoms with Gasteiger partial charge in [-0.25, -0.2) is 0 Å². The molecule has 5 nitrogen and oxygen atoms in total. The van der Waals surface area contributed by atoms with Gasteiger partial charge in [0.15, 0.2) is 0 Å². The Morgan fingerprint density at radius 1 is 1.27 bits per heavy atom. The van der Waals surface area contributed by atoms with Crippen LogP contribution in [0.15, 0.2) is 24.3 Å². The summed E-state index contributed by atoms with van der Waals surface area (Å²) in [5.41, 5.74) is 1.73. The van der Waals surface area contributed by atoms with E-state index in [0.29, 0.717) is 12.3 Å². The van der Waals surface area contributed by atoms with Crippen molar-refractivity contribution in [2.24, 2.45) is 11.8 Å². The lowest BCUT2D eigenvalue weighted by molar-refractivity contribution is -0.128. The Labute approximate surface area is 137 Å². The summed E-state index contributed by atoms with van der Waals surface area (Å²) in [6, 6.07) is 7.46. The molecule has 1 unspecified atom stereocenters. The van der Waals surface area contributed by atoms with Crippen molar-refractivity contribution < 1.29 is 9.59 Å². The number of hydrogen-bond donors (Lipinski definition) is 2. The third-order valence-corrected chi connectivity index (χ3v) is 4.01. The van der Waals surface area contributed by atoms with Crippen LogP contribution in [0, 0.1) is 11.8 Å². The van der Waals surface area contributed by atoms with E-state index in [1.54, 1.807) is 19.0 Å². The van der Waals surface area contributed by atoms with Crippen molar-refractivity contribution in [3.63, 3.8) is 0 Å². The van der Waals surface area contributed by atoms with Gasteiger partial charge in [-0.05, 0) is 36.7 Å². The third kappa shape index (κ3) is 4.71. The molecular formula is C16H24ClN3O2. The van der Waals surface area contributed by atoms with Gasteiger partial charge in [0.05, 0.1) is 6.42 Å². The van der Waals surface area contributed by atoms with Gasteiger partial charge < -0.3 is 15.5 Å². The number of benzene rings is 1. The zero-order valence-corrected chi connectivity index (χ0v) is 14.1. The molecule has 1 aliphatic rings. The van der Waals surface area contributed by atoms with Gasteiger partial charge in [-0.2, -0.15) is 0 Å². The fourth-order valence-electron chi connectivity index (χ4n) is 2.17. The first kappa shape index (κ1) is 18.5. The summed E-state index contributed by atoms with van der Waals surface area (Å²) < 4.78 is 0. The van der Waals surface area contributed by atoms with Crippen LogP contribution in [0.25, 0.3) is 0 Å². The quantitative estimate of drug-likeness (QED) is 0.863. The smallest absolute Gasteiger partial charge is 0.227 e. The van der Waals surface area contributed by atoms with Gasteiger partial charge in [-0.3, -0.25) is 9.59 Å². The molecule has 0 aliphatic carbocycles. The number of halogens is 1. The number of amides is 2. The summed E-state index contributed by atoms with van der Waals surface area (Å²) in [4.78, 5) is 25.3. The predicted molar refractivity (Wildman–Crippen MR) is 90.2 cm³/mol. The number of rotatable bonds is 5. The molecular weight excluding hydrogens is 302 g/mol. The van der Waals surface area contributed by atoms with E-state index in [-0.39, 0.29) is 30.1 Å². The van der Waals surface area contributed by atoms with Crippen LogP contribution in [0.3, 0.4) is 0 Å². The number of anilines is 1. The molecule has 1 heterocycles. The van der Waals surface area contributed by atoms with Gasteiger partial charge in [0.1, 0.15) is 0 Å². The number of carbonyl (C=O) groups is 2. The van der Waals surface area contributed by atoms with E-state index in [1.165, 1.54) is 0 Å². The first-order valence-electron chi connectivity index (χ1n) is 7.28. The molecule has 6 heteroatoms. The largest absolute Gasteiger partial charge is 0.349 e. The monoisotopic (exact) mass is 325 g/mol. The zero-order chi connectivity index (χ0) is 15.4. The molecule has 1 saturated heterocycles. The molecule has 0 spiro atoms. The maximum atomic E-state index is 12.1. The fourth-order valence-corrected chi connectivity index (χ4v) is 2.17. The van der Waals surface area contributed by atoms with Gasteiger partial charge in [-0.1, -0.05) is 19.1 Å². The molecule has 1 atom stereocenters. The van der Waals surface area contributed by atoms with Crippen molar-refractivity contribution in [2.45, 2.75) is 13.3 Å². The molecule has 0 aromatic heterocycles. The molecule has 2 amide bonds. The lowest BCUT2D eigenvalue weighted by atomic mass is 9.88. The highest BCUT2D eigenvalue weighted by Crippen LogP contribution is 2.18. The van der Waals surface area contributed by atoms with Gasteiger partial charge >= 0.3 is 0 Å². The topological polar surface area (TPSA) is 61.4 Å². The van der Waals surface area contributed by atoms with Crippen LogP contribution in [-0.2, 0) is 16.0 Å². The van der Waals surface area contributed by atoms with E-state index in [4.69, 9.17) is 0 Å². The van der Waals surface area contributed by atoms with Gasteiger partial charge in [0.25, 0.3) is 0 Å². The molecule has 122 valence electrons. The summed E-state index contributed by atoms with van der Waals surface area (Å²) in [5.74, 6) is 0.569. The highest BCUT2D eigenvalue weighted by Gasteiger charge is 2.28. The third-order valence-electron chi connectivity index (χ3n) is 4.01. The van der Waals surface area contributed by atoms with E-state index in [0.717, 1.165) is 24.3 Å². The Hall–Kier alpha value is -1.59. The number of carbonyl (C=O) groups excluding carboxylic acids is 2. The summed E-state index contributed by atoms with van der Waals surface area (Å²) in [6.45, 7) is 3.80. The van der Waals surface area contributed by atoms with Crippen LogP contribution in [0.2, 0.25) is 0 Å². The van der Waals surface area contributed by atoms with E-state index in [9.17, 15) is 9.59 Å². The molecule has 2 rings (SSSR count). The minimum atomic E-state index is 0. The average Bonchev–Trinajstić information content (AvgIpc) is 2.38. The van der Waals surface area contributed by atoms with E-state index in [1.807, 2.05) is 31.2 Å². The Bertz CT molecular complexity index is 513. The predicted octanol–water partition coefficient (Wildman–Crippen LogP) is 1.53. The van der Waals surface area contributed by atoms with Crippen molar-refractivity contribution in [1.29, 1.82) is 0 Å². The Morgan fingerprint density at radius 3 is 2.32 bits per heavy atom. The zero-order valence-electron chi connectivity index (χ0n) is 13.3. The summed E-state index contributed by atoms with van der Waals surface area (Å²) in [6.07, 6.45) is 0.380. The van der Waals surface area contributed by atoms with Crippen LogP contribution in [0.4, 0.5) is 5.69 Å². The standard InChI is InChI=1S/C16H23N3O2.ClH/c1-11(13-9-17-10-13)16(21)18-14-6-4-12(5-7-14)8-15(20)19(2)3;/h4-7,11,13,17H,8-10H2,1-3H3,(H,18,21);1H. The van der Waals surface area contributed by atoms with Crippen molar-refractivity contribution in [1.82, 2.24) is 10.2 Å². The SMILES string of the molecule is CC(C(=O)Nc1ccc(CC(=O)N(C)C)cc1)C1CNC1.Cl. The van der Waals surface area contributed by atoms with Crippen LogP contribution in [0.1, 0.15) is 12.5 Å². The molecule has 0 saturated carbocycles. The second-order valence-corrected chi connectivity index (χ2v) is 5.86. The molecule has 2 N–H and O–H groups in total. The minimum Gasteiger partial charge on any atom is -0.349 e. The first-order valence-corrected chi connectivity index (χ1v) is 7.28. The second-order valence-electron chi connectivity index (χ2n) is 5.86. The molecule has 0 radical (unpaired) electrons. The van der Waals surface area contributed by atoms with Crippen LogP contribution >= 0.6 is 12.4 Å². The van der Waals surface area contributed by atoms with Crippen LogP contribution < -0.4 is 10.6 Å². The molecule has 1 fully saturated rings.